The van der Waals surface area contributed by atoms with E-state index in [1.165, 1.54) is 12.1 Å². The highest BCUT2D eigenvalue weighted by Gasteiger charge is 2.23. The molecular formula is C13H16FN3. The number of benzene rings is 1. The van der Waals surface area contributed by atoms with Gasteiger partial charge in [0, 0.05) is 24.3 Å². The zero-order valence-electron chi connectivity index (χ0n) is 9.86. The number of piperidine rings is 1. The summed E-state index contributed by atoms with van der Waals surface area (Å²) in [5.41, 5.74) is 7.04. The molecule has 2 atom stereocenters. The van der Waals surface area contributed by atoms with Crippen LogP contribution in [0.5, 0.6) is 0 Å². The van der Waals surface area contributed by atoms with E-state index in [1.807, 2.05) is 6.07 Å². The third-order valence-corrected chi connectivity index (χ3v) is 3.26. The first kappa shape index (κ1) is 11.9. The first-order valence-electron chi connectivity index (χ1n) is 5.83. The van der Waals surface area contributed by atoms with Gasteiger partial charge in [-0.1, -0.05) is 0 Å². The summed E-state index contributed by atoms with van der Waals surface area (Å²) in [6.45, 7) is 2.90. The van der Waals surface area contributed by atoms with Crippen LogP contribution in [0, 0.1) is 17.1 Å². The Morgan fingerprint density at radius 1 is 1.47 bits per heavy atom. The molecule has 1 saturated heterocycles. The first-order chi connectivity index (χ1) is 8.10. The highest BCUT2D eigenvalue weighted by Crippen LogP contribution is 2.25. The Balaban J connectivity index is 2.28. The molecule has 0 saturated carbocycles. The molecule has 0 amide bonds. The van der Waals surface area contributed by atoms with Gasteiger partial charge in [-0.25, -0.2) is 4.39 Å². The predicted molar refractivity (Wildman–Crippen MR) is 65.1 cm³/mol. The largest absolute Gasteiger partial charge is 0.369 e. The Bertz CT molecular complexity index is 452. The van der Waals surface area contributed by atoms with Crippen LogP contribution >= 0.6 is 0 Å². The molecule has 2 N–H and O–H groups in total. The minimum atomic E-state index is -0.360. The van der Waals surface area contributed by atoms with Crippen LogP contribution < -0.4 is 10.6 Å². The van der Waals surface area contributed by atoms with Crippen molar-refractivity contribution < 1.29 is 4.39 Å². The highest BCUT2D eigenvalue weighted by atomic mass is 19.1. The van der Waals surface area contributed by atoms with Crippen LogP contribution in [0.4, 0.5) is 10.1 Å². The molecule has 0 aromatic heterocycles. The number of halogens is 1. The summed E-state index contributed by atoms with van der Waals surface area (Å²) < 4.78 is 13.4. The molecule has 1 aliphatic rings. The second kappa shape index (κ2) is 4.72. The van der Waals surface area contributed by atoms with Crippen molar-refractivity contribution in [1.82, 2.24) is 0 Å². The molecule has 4 heteroatoms. The lowest BCUT2D eigenvalue weighted by Gasteiger charge is -2.38. The number of anilines is 1. The van der Waals surface area contributed by atoms with Gasteiger partial charge in [0.05, 0.1) is 11.6 Å². The van der Waals surface area contributed by atoms with Crippen molar-refractivity contribution in [3.63, 3.8) is 0 Å². The van der Waals surface area contributed by atoms with Gasteiger partial charge in [0.25, 0.3) is 0 Å². The molecule has 1 fully saturated rings. The molecule has 0 radical (unpaired) electrons. The maximum absolute atomic E-state index is 13.4. The minimum Gasteiger partial charge on any atom is -0.369 e. The maximum atomic E-state index is 13.4. The molecule has 3 nitrogen and oxygen atoms in total. The molecule has 0 spiro atoms. The summed E-state index contributed by atoms with van der Waals surface area (Å²) >= 11 is 0. The Kier molecular flexibility index (Phi) is 3.30. The summed E-state index contributed by atoms with van der Waals surface area (Å²) in [6, 6.07) is 6.96. The molecule has 2 rings (SSSR count). The standard InChI is InChI=1S/C13H16FN3/c1-9-4-12(16)2-3-17(9)13-6-10(8-15)5-11(14)7-13/h5-7,9,12H,2-4,16H2,1H3. The van der Waals surface area contributed by atoms with Gasteiger partial charge >= 0.3 is 0 Å². The Hall–Kier alpha value is -1.60. The van der Waals surface area contributed by atoms with Crippen molar-refractivity contribution in [2.75, 3.05) is 11.4 Å². The summed E-state index contributed by atoms with van der Waals surface area (Å²) in [5.74, 6) is -0.360. The second-order valence-electron chi connectivity index (χ2n) is 4.64. The molecule has 17 heavy (non-hydrogen) atoms. The molecule has 1 aliphatic heterocycles. The van der Waals surface area contributed by atoms with Gasteiger partial charge in [0.1, 0.15) is 5.82 Å². The van der Waals surface area contributed by atoms with E-state index in [-0.39, 0.29) is 17.9 Å². The second-order valence-corrected chi connectivity index (χ2v) is 4.64. The number of nitrogens with two attached hydrogens (primary N) is 1. The zero-order chi connectivity index (χ0) is 12.4. The smallest absolute Gasteiger partial charge is 0.126 e. The van der Waals surface area contributed by atoms with Crippen molar-refractivity contribution in [2.45, 2.75) is 31.8 Å². The van der Waals surface area contributed by atoms with Gasteiger partial charge in [-0.15, -0.1) is 0 Å². The summed E-state index contributed by atoms with van der Waals surface area (Å²) in [7, 11) is 0. The lowest BCUT2D eigenvalue weighted by Crippen LogP contribution is -2.45. The summed E-state index contributed by atoms with van der Waals surface area (Å²) in [6.07, 6.45) is 1.81. The molecule has 1 heterocycles. The maximum Gasteiger partial charge on any atom is 0.126 e. The zero-order valence-corrected chi connectivity index (χ0v) is 9.86. The van der Waals surface area contributed by atoms with Crippen LogP contribution in [-0.4, -0.2) is 18.6 Å². The van der Waals surface area contributed by atoms with E-state index in [0.29, 0.717) is 5.56 Å². The SMILES string of the molecule is CC1CC(N)CCN1c1cc(F)cc(C#N)c1. The number of rotatable bonds is 1. The molecule has 2 unspecified atom stereocenters. The van der Waals surface area contributed by atoms with Crippen LogP contribution in [0.3, 0.4) is 0 Å². The monoisotopic (exact) mass is 233 g/mol. The van der Waals surface area contributed by atoms with Gasteiger partial charge in [-0.2, -0.15) is 5.26 Å². The van der Waals surface area contributed by atoms with Gasteiger partial charge in [0.2, 0.25) is 0 Å². The highest BCUT2D eigenvalue weighted by molar-refractivity contribution is 5.53. The van der Waals surface area contributed by atoms with Crippen LogP contribution in [-0.2, 0) is 0 Å². The Morgan fingerprint density at radius 3 is 2.88 bits per heavy atom. The molecule has 90 valence electrons. The van der Waals surface area contributed by atoms with Gasteiger partial charge in [-0.05, 0) is 38.0 Å². The molecule has 0 aliphatic carbocycles. The molecule has 1 aromatic rings. The van der Waals surface area contributed by atoms with Crippen molar-refractivity contribution >= 4 is 5.69 Å². The van der Waals surface area contributed by atoms with E-state index < -0.39 is 0 Å². The lowest BCUT2D eigenvalue weighted by atomic mass is 9.98. The fraction of sp³-hybridized carbons (Fsp3) is 0.462. The normalized spacial score (nSPS) is 24.5. The minimum absolute atomic E-state index is 0.227. The van der Waals surface area contributed by atoms with Crippen LogP contribution in [0.25, 0.3) is 0 Å². The summed E-state index contributed by atoms with van der Waals surface area (Å²) in [5, 5.41) is 8.84. The quantitative estimate of drug-likeness (QED) is 0.807. The average Bonchev–Trinajstić information content (AvgIpc) is 2.28. The van der Waals surface area contributed by atoms with Crippen LogP contribution in [0.2, 0.25) is 0 Å². The van der Waals surface area contributed by atoms with Crippen LogP contribution in [0.15, 0.2) is 18.2 Å². The third kappa shape index (κ3) is 2.56. The summed E-state index contributed by atoms with van der Waals surface area (Å²) in [4.78, 5) is 2.12. The van der Waals surface area contributed by atoms with Crippen molar-refractivity contribution in [1.29, 1.82) is 5.26 Å². The van der Waals surface area contributed by atoms with Crippen molar-refractivity contribution in [3.8, 4) is 6.07 Å². The topological polar surface area (TPSA) is 53.0 Å². The van der Waals surface area contributed by atoms with Crippen LogP contribution in [0.1, 0.15) is 25.3 Å². The van der Waals surface area contributed by atoms with E-state index in [1.54, 1.807) is 6.07 Å². The Morgan fingerprint density at radius 2 is 2.24 bits per heavy atom. The Labute approximate surface area is 101 Å². The number of hydrogen-bond acceptors (Lipinski definition) is 3. The predicted octanol–water partition coefficient (Wildman–Crippen LogP) is 2.01. The van der Waals surface area contributed by atoms with Crippen molar-refractivity contribution in [2.24, 2.45) is 5.73 Å². The average molecular weight is 233 g/mol. The fourth-order valence-corrected chi connectivity index (χ4v) is 2.40. The van der Waals surface area contributed by atoms with E-state index in [2.05, 4.69) is 11.8 Å². The number of hydrogen-bond donors (Lipinski definition) is 1. The van der Waals surface area contributed by atoms with Crippen molar-refractivity contribution in [3.05, 3.63) is 29.6 Å². The fourth-order valence-electron chi connectivity index (χ4n) is 2.40. The third-order valence-electron chi connectivity index (χ3n) is 3.26. The van der Waals surface area contributed by atoms with E-state index in [9.17, 15) is 4.39 Å². The van der Waals surface area contributed by atoms with E-state index in [0.717, 1.165) is 25.1 Å². The van der Waals surface area contributed by atoms with Gasteiger partial charge < -0.3 is 10.6 Å². The lowest BCUT2D eigenvalue weighted by molar-refractivity contribution is 0.429. The van der Waals surface area contributed by atoms with Gasteiger partial charge in [0.15, 0.2) is 0 Å². The number of nitriles is 1. The molecule has 1 aromatic carbocycles. The first-order valence-corrected chi connectivity index (χ1v) is 5.83. The van der Waals surface area contributed by atoms with Gasteiger partial charge in [-0.3, -0.25) is 0 Å². The number of nitrogens with zero attached hydrogens (tertiary/aromatic N) is 2. The molecular weight excluding hydrogens is 217 g/mol. The molecule has 0 bridgehead atoms. The van der Waals surface area contributed by atoms with E-state index >= 15 is 0 Å². The van der Waals surface area contributed by atoms with E-state index in [4.69, 9.17) is 11.0 Å².